The second-order valence-corrected chi connectivity index (χ2v) is 12.3. The summed E-state index contributed by atoms with van der Waals surface area (Å²) in [6, 6.07) is 4.99. The molecule has 0 bridgehead atoms. The van der Waals surface area contributed by atoms with Gasteiger partial charge in [-0.05, 0) is 37.3 Å². The van der Waals surface area contributed by atoms with Crippen LogP contribution >= 0.6 is 11.3 Å². The number of nitrogens with zero attached hydrogens (tertiary/aromatic N) is 3. The van der Waals surface area contributed by atoms with Gasteiger partial charge in [0.05, 0.1) is 11.7 Å². The van der Waals surface area contributed by atoms with E-state index in [0.29, 0.717) is 40.0 Å². The Hall–Kier alpha value is -2.96. The molecule has 1 amide bonds. The number of benzene rings is 1. The van der Waals surface area contributed by atoms with Crippen LogP contribution < -0.4 is 20.3 Å². The lowest BCUT2D eigenvalue weighted by molar-refractivity contribution is -0.116. The molecule has 2 aliphatic rings. The van der Waals surface area contributed by atoms with Crippen LogP contribution in [0, 0.1) is 18.8 Å². The number of piperidine rings is 1. The predicted molar refractivity (Wildman–Crippen MR) is 132 cm³/mol. The molecule has 1 aromatic carbocycles. The van der Waals surface area contributed by atoms with Crippen LogP contribution in [0.5, 0.6) is 11.5 Å². The number of carbonyl (C=O) groups excluding carboxylic acids is 1. The standard InChI is InChI=1S/C23H26N4O6S2/c1-13-6-14(2)9-27(8-13)35(30,31)21-15(3)34-22-20(21)23(29)26(11-24-22)10-19(28)25-16-4-5-17-18(7-16)33-12-32-17/h4-5,7,11,13-14H,6,8-10,12H2,1-3H3,(H,25,28)/t13-,14+. The molecule has 4 heterocycles. The van der Waals surface area contributed by atoms with E-state index in [4.69, 9.17) is 9.47 Å². The number of nitrogens with one attached hydrogen (secondary N) is 1. The largest absolute Gasteiger partial charge is 0.454 e. The summed E-state index contributed by atoms with van der Waals surface area (Å²) in [6.45, 7) is 6.38. The summed E-state index contributed by atoms with van der Waals surface area (Å²) in [6.07, 6.45) is 2.24. The van der Waals surface area contributed by atoms with Gasteiger partial charge in [0.15, 0.2) is 11.5 Å². The van der Waals surface area contributed by atoms with Crippen molar-refractivity contribution in [2.45, 2.75) is 38.6 Å². The van der Waals surface area contributed by atoms with Crippen LogP contribution in [0.1, 0.15) is 25.1 Å². The zero-order valence-electron chi connectivity index (χ0n) is 19.6. The highest BCUT2D eigenvalue weighted by Crippen LogP contribution is 2.36. The summed E-state index contributed by atoms with van der Waals surface area (Å²) in [7, 11) is -3.90. The van der Waals surface area contributed by atoms with Crippen LogP contribution in [0.25, 0.3) is 10.2 Å². The fourth-order valence-electron chi connectivity index (χ4n) is 4.80. The number of sulfonamides is 1. The van der Waals surface area contributed by atoms with Crippen LogP contribution in [0.4, 0.5) is 5.69 Å². The Balaban J connectivity index is 1.45. The third-order valence-corrected chi connectivity index (χ3v) is 9.35. The minimum Gasteiger partial charge on any atom is -0.454 e. The molecule has 5 rings (SSSR count). The van der Waals surface area contributed by atoms with Crippen molar-refractivity contribution in [2.24, 2.45) is 11.8 Å². The third-order valence-electron chi connectivity index (χ3n) is 6.20. The Morgan fingerprint density at radius 3 is 2.66 bits per heavy atom. The smallest absolute Gasteiger partial charge is 0.263 e. The SMILES string of the molecule is Cc1sc2ncn(CC(=O)Nc3ccc4c(c3)OCO4)c(=O)c2c1S(=O)(=O)N1C[C@H](C)C[C@H](C)C1. The van der Waals surface area contributed by atoms with Gasteiger partial charge in [0, 0.05) is 29.7 Å². The van der Waals surface area contributed by atoms with Crippen molar-refractivity contribution in [1.29, 1.82) is 0 Å². The fraction of sp³-hybridized carbons (Fsp3) is 0.435. The van der Waals surface area contributed by atoms with Gasteiger partial charge in [-0.2, -0.15) is 4.31 Å². The second kappa shape index (κ2) is 8.92. The number of thiophene rings is 1. The Morgan fingerprint density at radius 2 is 1.91 bits per heavy atom. The minimum absolute atomic E-state index is 0.00169. The molecule has 1 fully saturated rings. The number of rotatable bonds is 5. The lowest BCUT2D eigenvalue weighted by Crippen LogP contribution is -2.42. The number of aromatic nitrogens is 2. The van der Waals surface area contributed by atoms with Crippen molar-refractivity contribution in [3.63, 3.8) is 0 Å². The Kier molecular flexibility index (Phi) is 6.06. The fourth-order valence-corrected chi connectivity index (χ4v) is 8.14. The summed E-state index contributed by atoms with van der Waals surface area (Å²) in [5.41, 5.74) is -0.0683. The summed E-state index contributed by atoms with van der Waals surface area (Å²) >= 11 is 1.17. The summed E-state index contributed by atoms with van der Waals surface area (Å²) in [5.74, 6) is 1.12. The van der Waals surface area contributed by atoms with E-state index in [1.165, 1.54) is 22.0 Å². The van der Waals surface area contributed by atoms with Gasteiger partial charge in [-0.25, -0.2) is 13.4 Å². The highest BCUT2D eigenvalue weighted by molar-refractivity contribution is 7.89. The molecule has 2 aromatic heterocycles. The van der Waals surface area contributed by atoms with Crippen molar-refractivity contribution in [3.8, 4) is 11.5 Å². The van der Waals surface area contributed by atoms with E-state index in [2.05, 4.69) is 10.3 Å². The van der Waals surface area contributed by atoms with Gasteiger partial charge >= 0.3 is 0 Å². The van der Waals surface area contributed by atoms with Gasteiger partial charge in [-0.1, -0.05) is 13.8 Å². The van der Waals surface area contributed by atoms with E-state index in [1.54, 1.807) is 25.1 Å². The van der Waals surface area contributed by atoms with Crippen molar-refractivity contribution in [2.75, 3.05) is 25.2 Å². The molecule has 10 nitrogen and oxygen atoms in total. The maximum atomic E-state index is 13.6. The monoisotopic (exact) mass is 518 g/mol. The van der Waals surface area contributed by atoms with E-state index in [0.717, 1.165) is 11.0 Å². The third kappa shape index (κ3) is 4.41. The molecule has 186 valence electrons. The van der Waals surface area contributed by atoms with E-state index in [9.17, 15) is 18.0 Å². The van der Waals surface area contributed by atoms with Crippen molar-refractivity contribution in [3.05, 3.63) is 39.8 Å². The number of amides is 1. The van der Waals surface area contributed by atoms with E-state index in [-0.39, 0.29) is 35.5 Å². The Morgan fingerprint density at radius 1 is 1.20 bits per heavy atom. The van der Waals surface area contributed by atoms with Gasteiger partial charge in [0.1, 0.15) is 16.3 Å². The molecular weight excluding hydrogens is 492 g/mol. The van der Waals surface area contributed by atoms with Crippen molar-refractivity contribution < 1.29 is 22.7 Å². The van der Waals surface area contributed by atoms with Crippen molar-refractivity contribution in [1.82, 2.24) is 13.9 Å². The molecule has 12 heteroatoms. The molecule has 35 heavy (non-hydrogen) atoms. The molecule has 0 aliphatic carbocycles. The van der Waals surface area contributed by atoms with Gasteiger partial charge in [0.2, 0.25) is 22.7 Å². The van der Waals surface area contributed by atoms with E-state index < -0.39 is 21.5 Å². The van der Waals surface area contributed by atoms with Gasteiger partial charge in [-0.15, -0.1) is 11.3 Å². The van der Waals surface area contributed by atoms with Crippen LogP contribution in [-0.4, -0.2) is 48.1 Å². The zero-order chi connectivity index (χ0) is 24.9. The first-order valence-corrected chi connectivity index (χ1v) is 13.6. The number of ether oxygens (including phenoxy) is 2. The van der Waals surface area contributed by atoms with Crippen LogP contribution in [0.2, 0.25) is 0 Å². The lowest BCUT2D eigenvalue weighted by atomic mass is 9.94. The van der Waals surface area contributed by atoms with Gasteiger partial charge in [-0.3, -0.25) is 14.2 Å². The molecular formula is C23H26N4O6S2. The first kappa shape index (κ1) is 23.8. The van der Waals surface area contributed by atoms with Crippen LogP contribution in [0.3, 0.4) is 0 Å². The highest BCUT2D eigenvalue weighted by Gasteiger charge is 2.35. The first-order valence-electron chi connectivity index (χ1n) is 11.3. The topological polar surface area (TPSA) is 120 Å². The van der Waals surface area contributed by atoms with Crippen LogP contribution in [-0.2, 0) is 21.4 Å². The van der Waals surface area contributed by atoms with Gasteiger partial charge in [0.25, 0.3) is 5.56 Å². The number of carbonyl (C=O) groups is 1. The van der Waals surface area contributed by atoms with Crippen LogP contribution in [0.15, 0.2) is 34.2 Å². The van der Waals surface area contributed by atoms with Crippen molar-refractivity contribution >= 4 is 43.2 Å². The quantitative estimate of drug-likeness (QED) is 0.551. The average molecular weight is 519 g/mol. The maximum absolute atomic E-state index is 13.6. The number of hydrogen-bond acceptors (Lipinski definition) is 8. The van der Waals surface area contributed by atoms with E-state index >= 15 is 0 Å². The molecule has 0 radical (unpaired) electrons. The summed E-state index contributed by atoms with van der Waals surface area (Å²) in [4.78, 5) is 31.2. The highest BCUT2D eigenvalue weighted by atomic mass is 32.2. The normalized spacial score (nSPS) is 20.3. The molecule has 2 aliphatic heterocycles. The Labute approximate surface area is 206 Å². The second-order valence-electron chi connectivity index (χ2n) is 9.23. The molecule has 1 saturated heterocycles. The Bertz CT molecular complexity index is 1470. The number of aryl methyl sites for hydroxylation is 1. The van der Waals surface area contributed by atoms with E-state index in [1.807, 2.05) is 13.8 Å². The molecule has 0 spiro atoms. The summed E-state index contributed by atoms with van der Waals surface area (Å²) < 4.78 is 40.5. The maximum Gasteiger partial charge on any atom is 0.263 e. The zero-order valence-corrected chi connectivity index (χ0v) is 21.2. The molecule has 0 unspecified atom stereocenters. The average Bonchev–Trinajstić information content (AvgIpc) is 3.39. The molecule has 2 atom stereocenters. The number of fused-ring (bicyclic) bond motifs is 2. The first-order chi connectivity index (χ1) is 16.6. The minimum atomic E-state index is -3.90. The summed E-state index contributed by atoms with van der Waals surface area (Å²) in [5, 5.41) is 2.76. The predicted octanol–water partition coefficient (Wildman–Crippen LogP) is 2.80. The molecule has 0 saturated carbocycles. The number of anilines is 1. The lowest BCUT2D eigenvalue weighted by Gasteiger charge is -2.34. The van der Waals surface area contributed by atoms with Gasteiger partial charge < -0.3 is 14.8 Å². The number of hydrogen-bond donors (Lipinski definition) is 1. The molecule has 1 N–H and O–H groups in total. The molecule has 3 aromatic rings.